The Morgan fingerprint density at radius 3 is 2.52 bits per heavy atom. The molecule has 2 aromatic carbocycles. The Bertz CT molecular complexity index is 739. The van der Waals surface area contributed by atoms with E-state index in [1.54, 1.807) is 24.3 Å². The number of carbonyl (C=O) groups excluding carboxylic acids is 1. The Labute approximate surface area is 133 Å². The average Bonchev–Trinajstić information content (AvgIpc) is 2.55. The molecular formula is C16H16N4O3. The normalized spacial score (nSPS) is 10.5. The summed E-state index contributed by atoms with van der Waals surface area (Å²) in [5, 5.41) is 14.5. The summed E-state index contributed by atoms with van der Waals surface area (Å²) in [5.74, 6) is -0.350. The first-order chi connectivity index (χ1) is 11.0. The predicted molar refractivity (Wildman–Crippen MR) is 88.9 cm³/mol. The van der Waals surface area contributed by atoms with Crippen LogP contribution in [0.2, 0.25) is 0 Å². The lowest BCUT2D eigenvalue weighted by atomic mass is 10.2. The maximum atomic E-state index is 11.9. The molecule has 0 spiro atoms. The van der Waals surface area contributed by atoms with Crippen molar-refractivity contribution in [3.05, 3.63) is 69.8 Å². The van der Waals surface area contributed by atoms with Crippen LogP contribution in [-0.4, -0.2) is 31.1 Å². The van der Waals surface area contributed by atoms with Gasteiger partial charge in [0, 0.05) is 43.0 Å². The molecule has 2 aromatic rings. The quantitative estimate of drug-likeness (QED) is 0.522. The molecule has 0 aliphatic heterocycles. The fraction of sp³-hybridized carbons (Fsp3) is 0.125. The second kappa shape index (κ2) is 7.17. The fourth-order valence-corrected chi connectivity index (χ4v) is 1.86. The van der Waals surface area contributed by atoms with Crippen molar-refractivity contribution < 1.29 is 9.72 Å². The Kier molecular flexibility index (Phi) is 5.03. The lowest BCUT2D eigenvalue weighted by molar-refractivity contribution is -0.384. The summed E-state index contributed by atoms with van der Waals surface area (Å²) >= 11 is 0. The average molecular weight is 312 g/mol. The van der Waals surface area contributed by atoms with Gasteiger partial charge in [-0.05, 0) is 24.3 Å². The lowest BCUT2D eigenvalue weighted by Crippen LogP contribution is -2.18. The molecule has 0 fully saturated rings. The highest BCUT2D eigenvalue weighted by Gasteiger charge is 2.06. The SMILES string of the molecule is CN(C)c1ccc(C(=O)N/N=C/c2cccc([N+](=O)[O-])c2)cc1. The minimum atomic E-state index is -0.484. The molecule has 0 unspecified atom stereocenters. The van der Waals surface area contributed by atoms with Crippen molar-refractivity contribution in [2.45, 2.75) is 0 Å². The van der Waals surface area contributed by atoms with Crippen LogP contribution in [0.3, 0.4) is 0 Å². The van der Waals surface area contributed by atoms with E-state index in [0.717, 1.165) is 5.69 Å². The number of nitro groups is 1. The summed E-state index contributed by atoms with van der Waals surface area (Å²) in [6, 6.07) is 13.1. The van der Waals surface area contributed by atoms with Gasteiger partial charge in [0.2, 0.25) is 0 Å². The van der Waals surface area contributed by atoms with Crippen LogP contribution in [-0.2, 0) is 0 Å². The van der Waals surface area contributed by atoms with Gasteiger partial charge in [-0.3, -0.25) is 14.9 Å². The number of nitro benzene ring substituents is 1. The van der Waals surface area contributed by atoms with E-state index in [1.165, 1.54) is 18.3 Å². The molecule has 0 aliphatic rings. The maximum absolute atomic E-state index is 11.9. The Hall–Kier alpha value is -3.22. The van der Waals surface area contributed by atoms with Crippen molar-refractivity contribution in [2.75, 3.05) is 19.0 Å². The van der Waals surface area contributed by atoms with Crippen LogP contribution >= 0.6 is 0 Å². The number of hydrogen-bond donors (Lipinski definition) is 1. The molecule has 0 aliphatic carbocycles. The van der Waals surface area contributed by atoms with Crippen molar-refractivity contribution >= 4 is 23.5 Å². The molecular weight excluding hydrogens is 296 g/mol. The highest BCUT2D eigenvalue weighted by atomic mass is 16.6. The second-order valence-electron chi connectivity index (χ2n) is 4.99. The van der Waals surface area contributed by atoms with E-state index in [1.807, 2.05) is 31.1 Å². The third kappa shape index (κ3) is 4.37. The molecule has 0 radical (unpaired) electrons. The van der Waals surface area contributed by atoms with Crippen molar-refractivity contribution in [1.82, 2.24) is 5.43 Å². The molecule has 1 N–H and O–H groups in total. The van der Waals surface area contributed by atoms with E-state index in [2.05, 4.69) is 10.5 Å². The monoisotopic (exact) mass is 312 g/mol. The summed E-state index contributed by atoms with van der Waals surface area (Å²) in [6.45, 7) is 0. The first-order valence-corrected chi connectivity index (χ1v) is 6.82. The van der Waals surface area contributed by atoms with Gasteiger partial charge < -0.3 is 4.90 Å². The van der Waals surface area contributed by atoms with Crippen LogP contribution in [0.4, 0.5) is 11.4 Å². The first kappa shape index (κ1) is 16.2. The van der Waals surface area contributed by atoms with Gasteiger partial charge in [0.05, 0.1) is 11.1 Å². The summed E-state index contributed by atoms with van der Waals surface area (Å²) in [4.78, 5) is 24.1. The molecule has 1 amide bonds. The number of anilines is 1. The van der Waals surface area contributed by atoms with Gasteiger partial charge >= 0.3 is 0 Å². The molecule has 23 heavy (non-hydrogen) atoms. The Morgan fingerprint density at radius 1 is 1.22 bits per heavy atom. The van der Waals surface area contributed by atoms with Crippen molar-refractivity contribution in [3.8, 4) is 0 Å². The smallest absolute Gasteiger partial charge is 0.271 e. The minimum absolute atomic E-state index is 0.0282. The highest BCUT2D eigenvalue weighted by Crippen LogP contribution is 2.13. The third-order valence-electron chi connectivity index (χ3n) is 3.11. The molecule has 118 valence electrons. The van der Waals surface area contributed by atoms with Gasteiger partial charge in [0.25, 0.3) is 11.6 Å². The number of nitrogens with one attached hydrogen (secondary N) is 1. The van der Waals surface area contributed by atoms with Crippen LogP contribution in [0, 0.1) is 10.1 Å². The molecule has 0 saturated carbocycles. The van der Waals surface area contributed by atoms with E-state index < -0.39 is 4.92 Å². The maximum Gasteiger partial charge on any atom is 0.271 e. The topological polar surface area (TPSA) is 87.8 Å². The minimum Gasteiger partial charge on any atom is -0.378 e. The number of benzene rings is 2. The van der Waals surface area contributed by atoms with Gasteiger partial charge in [-0.2, -0.15) is 5.10 Å². The zero-order chi connectivity index (χ0) is 16.8. The number of non-ortho nitro benzene ring substituents is 1. The molecule has 7 nitrogen and oxygen atoms in total. The second-order valence-corrected chi connectivity index (χ2v) is 4.99. The van der Waals surface area contributed by atoms with E-state index >= 15 is 0 Å². The van der Waals surface area contributed by atoms with Gasteiger partial charge in [-0.15, -0.1) is 0 Å². The standard InChI is InChI=1S/C16H16N4O3/c1-19(2)14-8-6-13(7-9-14)16(21)18-17-11-12-4-3-5-15(10-12)20(22)23/h3-11H,1-2H3,(H,18,21)/b17-11+. The molecule has 2 rings (SSSR count). The Balaban J connectivity index is 2.01. The van der Waals surface area contributed by atoms with E-state index in [-0.39, 0.29) is 11.6 Å². The summed E-state index contributed by atoms with van der Waals surface area (Å²) < 4.78 is 0. The summed E-state index contributed by atoms with van der Waals surface area (Å²) in [5.41, 5.74) is 4.36. The van der Waals surface area contributed by atoms with Gasteiger partial charge in [0.15, 0.2) is 0 Å². The number of hydrazone groups is 1. The zero-order valence-corrected chi connectivity index (χ0v) is 12.8. The fourth-order valence-electron chi connectivity index (χ4n) is 1.86. The molecule has 0 bridgehead atoms. The number of carbonyl (C=O) groups is 1. The molecule has 0 atom stereocenters. The molecule has 0 aromatic heterocycles. The van der Waals surface area contributed by atoms with Crippen molar-refractivity contribution in [2.24, 2.45) is 5.10 Å². The third-order valence-corrected chi connectivity index (χ3v) is 3.11. The van der Waals surface area contributed by atoms with Crippen LogP contribution < -0.4 is 10.3 Å². The van der Waals surface area contributed by atoms with Crippen LogP contribution in [0.1, 0.15) is 15.9 Å². The van der Waals surface area contributed by atoms with Crippen LogP contribution in [0.15, 0.2) is 53.6 Å². The number of nitrogens with zero attached hydrogens (tertiary/aromatic N) is 3. The lowest BCUT2D eigenvalue weighted by Gasteiger charge is -2.12. The van der Waals surface area contributed by atoms with Gasteiger partial charge in [-0.1, -0.05) is 12.1 Å². The molecule has 0 heterocycles. The van der Waals surface area contributed by atoms with Crippen molar-refractivity contribution in [3.63, 3.8) is 0 Å². The number of amides is 1. The largest absolute Gasteiger partial charge is 0.378 e. The van der Waals surface area contributed by atoms with E-state index in [9.17, 15) is 14.9 Å². The summed E-state index contributed by atoms with van der Waals surface area (Å²) in [7, 11) is 3.83. The number of rotatable bonds is 5. The molecule has 0 saturated heterocycles. The van der Waals surface area contributed by atoms with Gasteiger partial charge in [-0.25, -0.2) is 5.43 Å². The first-order valence-electron chi connectivity index (χ1n) is 6.82. The zero-order valence-electron chi connectivity index (χ0n) is 12.8. The van der Waals surface area contributed by atoms with Crippen LogP contribution in [0.5, 0.6) is 0 Å². The number of hydrogen-bond acceptors (Lipinski definition) is 5. The van der Waals surface area contributed by atoms with E-state index in [0.29, 0.717) is 11.1 Å². The Morgan fingerprint density at radius 2 is 1.91 bits per heavy atom. The van der Waals surface area contributed by atoms with E-state index in [4.69, 9.17) is 0 Å². The predicted octanol–water partition coefficient (Wildman–Crippen LogP) is 2.42. The molecule has 7 heteroatoms. The highest BCUT2D eigenvalue weighted by molar-refractivity contribution is 5.95. The van der Waals surface area contributed by atoms with Crippen LogP contribution in [0.25, 0.3) is 0 Å². The van der Waals surface area contributed by atoms with Gasteiger partial charge in [0.1, 0.15) is 0 Å². The van der Waals surface area contributed by atoms with Crippen molar-refractivity contribution in [1.29, 1.82) is 0 Å². The summed E-state index contributed by atoms with van der Waals surface area (Å²) in [6.07, 6.45) is 1.36.